The molecule has 6 nitrogen and oxygen atoms in total. The molecular weight excluding hydrogens is 442 g/mol. The highest BCUT2D eigenvalue weighted by molar-refractivity contribution is 5.86. The lowest BCUT2D eigenvalue weighted by Gasteiger charge is -2.36. The van der Waals surface area contributed by atoms with Crippen LogP contribution in [0.5, 0.6) is 0 Å². The van der Waals surface area contributed by atoms with Crippen molar-refractivity contribution in [1.29, 1.82) is 0 Å². The highest BCUT2D eigenvalue weighted by Crippen LogP contribution is 2.46. The Hall–Kier alpha value is -3.15. The largest absolute Gasteiger partial charge is 0.480 e. The van der Waals surface area contributed by atoms with Crippen molar-refractivity contribution in [3.8, 4) is 0 Å². The molecule has 0 heterocycles. The van der Waals surface area contributed by atoms with Gasteiger partial charge in [0.1, 0.15) is 5.54 Å². The zero-order chi connectivity index (χ0) is 25.5. The lowest BCUT2D eigenvalue weighted by atomic mass is 9.74. The van der Waals surface area contributed by atoms with Crippen LogP contribution in [0.15, 0.2) is 60.7 Å². The van der Waals surface area contributed by atoms with E-state index in [0.29, 0.717) is 19.3 Å². The van der Waals surface area contributed by atoms with Gasteiger partial charge in [-0.15, -0.1) is 0 Å². The average Bonchev–Trinajstić information content (AvgIpc) is 3.33. The normalized spacial score (nSPS) is 17.4. The van der Waals surface area contributed by atoms with Gasteiger partial charge in [-0.1, -0.05) is 86.8 Å². The first-order valence-electron chi connectivity index (χ1n) is 12.5. The average molecular weight is 480 g/mol. The van der Waals surface area contributed by atoms with Gasteiger partial charge in [-0.05, 0) is 49.7 Å². The Morgan fingerprint density at radius 3 is 1.94 bits per heavy atom. The van der Waals surface area contributed by atoms with Crippen LogP contribution in [0.25, 0.3) is 0 Å². The molecule has 35 heavy (non-hydrogen) atoms. The molecule has 1 saturated carbocycles. The minimum Gasteiger partial charge on any atom is -0.480 e. The van der Waals surface area contributed by atoms with Gasteiger partial charge in [0.2, 0.25) is 5.91 Å². The fourth-order valence-corrected chi connectivity index (χ4v) is 5.47. The SMILES string of the molecule is CCC(CCC1(C(=O)OC(c2ccccc2)c2ccccc2)CCCC1)C(C)(NC(C)=O)C(=O)O. The molecule has 2 aromatic rings. The van der Waals surface area contributed by atoms with Crippen molar-refractivity contribution in [1.82, 2.24) is 5.32 Å². The Morgan fingerprint density at radius 2 is 1.51 bits per heavy atom. The van der Waals surface area contributed by atoms with Gasteiger partial charge in [-0.3, -0.25) is 9.59 Å². The van der Waals surface area contributed by atoms with Crippen LogP contribution in [-0.4, -0.2) is 28.5 Å². The van der Waals surface area contributed by atoms with Crippen LogP contribution in [0.4, 0.5) is 0 Å². The fraction of sp³-hybridized carbons (Fsp3) is 0.483. The maximum Gasteiger partial charge on any atom is 0.329 e. The zero-order valence-corrected chi connectivity index (χ0v) is 21.0. The summed E-state index contributed by atoms with van der Waals surface area (Å²) in [6, 6.07) is 19.5. The maximum absolute atomic E-state index is 13.8. The molecule has 6 heteroatoms. The number of esters is 1. The second-order valence-electron chi connectivity index (χ2n) is 9.93. The highest BCUT2D eigenvalue weighted by atomic mass is 16.5. The third kappa shape index (κ3) is 6.11. The fourth-order valence-electron chi connectivity index (χ4n) is 5.47. The summed E-state index contributed by atoms with van der Waals surface area (Å²) in [6.45, 7) is 4.82. The van der Waals surface area contributed by atoms with Crippen LogP contribution in [0, 0.1) is 11.3 Å². The maximum atomic E-state index is 13.8. The van der Waals surface area contributed by atoms with E-state index in [4.69, 9.17) is 4.74 Å². The molecule has 1 aliphatic carbocycles. The summed E-state index contributed by atoms with van der Waals surface area (Å²) in [4.78, 5) is 37.7. The van der Waals surface area contributed by atoms with Gasteiger partial charge in [-0.25, -0.2) is 4.79 Å². The predicted molar refractivity (Wildman–Crippen MR) is 135 cm³/mol. The van der Waals surface area contributed by atoms with Gasteiger partial charge in [0.05, 0.1) is 5.41 Å². The number of nitrogens with one attached hydrogen (secondary N) is 1. The number of hydrogen-bond acceptors (Lipinski definition) is 4. The van der Waals surface area contributed by atoms with Gasteiger partial charge in [0.25, 0.3) is 0 Å². The monoisotopic (exact) mass is 479 g/mol. The van der Waals surface area contributed by atoms with Crippen molar-refractivity contribution in [2.24, 2.45) is 11.3 Å². The molecule has 0 saturated heterocycles. The van der Waals surface area contributed by atoms with Gasteiger partial charge in [-0.2, -0.15) is 0 Å². The first kappa shape index (κ1) is 26.5. The number of carbonyl (C=O) groups is 3. The number of rotatable bonds is 11. The summed E-state index contributed by atoms with van der Waals surface area (Å²) in [5.41, 5.74) is -0.211. The zero-order valence-electron chi connectivity index (χ0n) is 21.0. The summed E-state index contributed by atoms with van der Waals surface area (Å²) in [5, 5.41) is 12.6. The van der Waals surface area contributed by atoms with Crippen molar-refractivity contribution in [2.75, 3.05) is 0 Å². The topological polar surface area (TPSA) is 92.7 Å². The van der Waals surface area contributed by atoms with E-state index >= 15 is 0 Å². The number of carbonyl (C=O) groups excluding carboxylic acids is 2. The molecule has 0 radical (unpaired) electrons. The van der Waals surface area contributed by atoms with Crippen LogP contribution < -0.4 is 5.32 Å². The standard InChI is InChI=1S/C29H37NO5/c1-4-24(28(3,26(32)33)30-21(2)31)17-20-29(18-11-12-19-29)27(34)35-25(22-13-7-5-8-14-22)23-15-9-6-10-16-23/h5-10,13-16,24-25H,4,11-12,17-20H2,1-3H3,(H,30,31)(H,32,33). The Balaban J connectivity index is 1.84. The van der Waals surface area contributed by atoms with Crippen LogP contribution in [0.3, 0.4) is 0 Å². The number of hydrogen-bond donors (Lipinski definition) is 2. The van der Waals surface area contributed by atoms with E-state index in [9.17, 15) is 19.5 Å². The quantitative estimate of drug-likeness (QED) is 0.405. The molecular formula is C29H37NO5. The lowest BCUT2D eigenvalue weighted by Crippen LogP contribution is -2.56. The second-order valence-corrected chi connectivity index (χ2v) is 9.93. The molecule has 2 N–H and O–H groups in total. The minimum absolute atomic E-state index is 0.223. The molecule has 0 aliphatic heterocycles. The molecule has 3 rings (SSSR count). The number of ether oxygens (including phenoxy) is 1. The summed E-state index contributed by atoms with van der Waals surface area (Å²) >= 11 is 0. The third-order valence-corrected chi connectivity index (χ3v) is 7.58. The smallest absolute Gasteiger partial charge is 0.329 e. The van der Waals surface area contributed by atoms with Gasteiger partial charge in [0.15, 0.2) is 6.10 Å². The molecule has 1 fully saturated rings. The van der Waals surface area contributed by atoms with E-state index < -0.39 is 23.0 Å². The molecule has 2 unspecified atom stereocenters. The minimum atomic E-state index is -1.39. The number of aliphatic carboxylic acids is 1. The van der Waals surface area contributed by atoms with Gasteiger partial charge in [0, 0.05) is 6.92 Å². The Kier molecular flexibility index (Phi) is 8.71. The van der Waals surface area contributed by atoms with E-state index in [-0.39, 0.29) is 17.8 Å². The van der Waals surface area contributed by atoms with Crippen molar-refractivity contribution >= 4 is 17.8 Å². The summed E-state index contributed by atoms with van der Waals surface area (Å²) < 4.78 is 6.25. The highest BCUT2D eigenvalue weighted by Gasteiger charge is 2.47. The third-order valence-electron chi connectivity index (χ3n) is 7.58. The first-order chi connectivity index (χ1) is 16.7. The Bertz CT molecular complexity index is 961. The Labute approximate surface area is 208 Å². The van der Waals surface area contributed by atoms with E-state index in [1.807, 2.05) is 67.6 Å². The van der Waals surface area contributed by atoms with Crippen LogP contribution >= 0.6 is 0 Å². The summed E-state index contributed by atoms with van der Waals surface area (Å²) in [7, 11) is 0. The lowest BCUT2D eigenvalue weighted by molar-refractivity contribution is -0.161. The molecule has 2 aromatic carbocycles. The molecule has 0 aromatic heterocycles. The van der Waals surface area contributed by atoms with Crippen LogP contribution in [0.1, 0.15) is 82.9 Å². The van der Waals surface area contributed by atoms with E-state index in [1.165, 1.54) is 6.92 Å². The van der Waals surface area contributed by atoms with Crippen molar-refractivity contribution in [2.45, 2.75) is 77.4 Å². The summed E-state index contributed by atoms with van der Waals surface area (Å²) in [6.07, 6.45) is 4.44. The van der Waals surface area contributed by atoms with Crippen LogP contribution in [-0.2, 0) is 19.1 Å². The molecule has 1 aliphatic rings. The number of amides is 1. The van der Waals surface area contributed by atoms with Crippen molar-refractivity contribution in [3.05, 3.63) is 71.8 Å². The summed E-state index contributed by atoms with van der Waals surface area (Å²) in [5.74, 6) is -1.97. The van der Waals surface area contributed by atoms with Crippen LogP contribution in [0.2, 0.25) is 0 Å². The molecule has 1 amide bonds. The van der Waals surface area contributed by atoms with E-state index in [2.05, 4.69) is 5.32 Å². The number of carboxylic acid groups (broad SMARTS) is 1. The Morgan fingerprint density at radius 1 is 1.00 bits per heavy atom. The molecule has 2 atom stereocenters. The second kappa shape index (κ2) is 11.5. The molecule has 0 bridgehead atoms. The molecule has 0 spiro atoms. The van der Waals surface area contributed by atoms with E-state index in [1.54, 1.807) is 6.92 Å². The van der Waals surface area contributed by atoms with E-state index in [0.717, 1.165) is 36.8 Å². The van der Waals surface area contributed by atoms with Crippen molar-refractivity contribution < 1.29 is 24.2 Å². The molecule has 188 valence electrons. The predicted octanol–water partition coefficient (Wildman–Crippen LogP) is 5.67. The number of benzene rings is 2. The first-order valence-corrected chi connectivity index (χ1v) is 12.5. The number of carboxylic acids is 1. The van der Waals surface area contributed by atoms with Crippen molar-refractivity contribution in [3.63, 3.8) is 0 Å². The van der Waals surface area contributed by atoms with Gasteiger partial charge < -0.3 is 15.2 Å². The van der Waals surface area contributed by atoms with Gasteiger partial charge >= 0.3 is 11.9 Å².